The number of hydrogen-bond acceptors (Lipinski definition) is 2. The molecule has 0 atom stereocenters. The maximum atomic E-state index is 11.5. The van der Waals surface area contributed by atoms with Crippen LogP contribution in [0.5, 0.6) is 0 Å². The molecule has 1 aromatic rings. The van der Waals surface area contributed by atoms with E-state index in [0.717, 1.165) is 4.47 Å². The summed E-state index contributed by atoms with van der Waals surface area (Å²) in [6, 6.07) is 3.56. The molecule has 0 saturated carbocycles. The summed E-state index contributed by atoms with van der Waals surface area (Å²) in [5, 5.41) is 2.69. The maximum Gasteiger partial charge on any atom is 0.241 e. The maximum absolute atomic E-state index is 11.5. The molecule has 1 amide bonds. The quantitative estimate of drug-likeness (QED) is 0.851. The van der Waals surface area contributed by atoms with Gasteiger partial charge < -0.3 is 5.32 Å². The van der Waals surface area contributed by atoms with Crippen molar-refractivity contribution < 1.29 is 4.79 Å². The Morgan fingerprint density at radius 3 is 2.57 bits per heavy atom. The molecule has 14 heavy (non-hydrogen) atoms. The van der Waals surface area contributed by atoms with E-state index in [4.69, 9.17) is 0 Å². The number of hydrogen-bond donors (Lipinski definition) is 1. The lowest BCUT2D eigenvalue weighted by molar-refractivity contribution is -0.117. The van der Waals surface area contributed by atoms with Crippen molar-refractivity contribution in [3.05, 3.63) is 22.8 Å². The average Bonchev–Trinajstić information content (AvgIpc) is 2.07. The zero-order chi connectivity index (χ0) is 10.8. The summed E-state index contributed by atoms with van der Waals surface area (Å²) >= 11 is 6.53. The first-order chi connectivity index (χ1) is 6.39. The van der Waals surface area contributed by atoms with Gasteiger partial charge >= 0.3 is 0 Å². The van der Waals surface area contributed by atoms with Crippen molar-refractivity contribution in [1.29, 1.82) is 0 Å². The molecule has 1 heterocycles. The van der Waals surface area contributed by atoms with Gasteiger partial charge in [-0.15, -0.1) is 0 Å². The van der Waals surface area contributed by atoms with Gasteiger partial charge in [0, 0.05) is 10.7 Å². The summed E-state index contributed by atoms with van der Waals surface area (Å²) in [5.41, 5.74) is 0. The zero-order valence-corrected chi connectivity index (χ0v) is 11.0. The number of carbonyl (C=O) groups is 1. The van der Waals surface area contributed by atoms with Gasteiger partial charge in [-0.05, 0) is 41.9 Å². The van der Waals surface area contributed by atoms with E-state index in [1.54, 1.807) is 26.1 Å². The van der Waals surface area contributed by atoms with Crippen molar-refractivity contribution in [2.75, 3.05) is 5.32 Å². The first-order valence-electron chi connectivity index (χ1n) is 4.01. The van der Waals surface area contributed by atoms with E-state index >= 15 is 0 Å². The van der Waals surface area contributed by atoms with Crippen molar-refractivity contribution in [3.63, 3.8) is 0 Å². The van der Waals surface area contributed by atoms with E-state index in [1.165, 1.54) is 0 Å². The molecule has 0 aliphatic heterocycles. The van der Waals surface area contributed by atoms with Gasteiger partial charge in [0.2, 0.25) is 5.91 Å². The Morgan fingerprint density at radius 1 is 1.50 bits per heavy atom. The highest BCUT2D eigenvalue weighted by Gasteiger charge is 2.23. The number of rotatable bonds is 2. The fourth-order valence-corrected chi connectivity index (χ4v) is 1.05. The highest BCUT2D eigenvalue weighted by atomic mass is 79.9. The zero-order valence-electron chi connectivity index (χ0n) is 7.84. The Kier molecular flexibility index (Phi) is 3.66. The summed E-state index contributed by atoms with van der Waals surface area (Å²) in [7, 11) is 0. The SMILES string of the molecule is CC(C)(Br)C(=O)Nc1ccc(Br)cn1. The van der Waals surface area contributed by atoms with Crippen LogP contribution in [-0.4, -0.2) is 15.2 Å². The van der Waals surface area contributed by atoms with Gasteiger partial charge in [-0.25, -0.2) is 4.98 Å². The smallest absolute Gasteiger partial charge is 0.241 e. The highest BCUT2D eigenvalue weighted by molar-refractivity contribution is 9.10. The summed E-state index contributed by atoms with van der Waals surface area (Å²) in [5.74, 6) is 0.429. The fraction of sp³-hybridized carbons (Fsp3) is 0.333. The van der Waals surface area contributed by atoms with E-state index in [-0.39, 0.29) is 5.91 Å². The molecular weight excluding hydrogens is 312 g/mol. The minimum Gasteiger partial charge on any atom is -0.309 e. The molecule has 0 unspecified atom stereocenters. The van der Waals surface area contributed by atoms with Crippen LogP contribution in [0.4, 0.5) is 5.82 Å². The van der Waals surface area contributed by atoms with E-state index in [1.807, 2.05) is 6.07 Å². The number of halogens is 2. The summed E-state index contributed by atoms with van der Waals surface area (Å²) in [6.45, 7) is 3.56. The van der Waals surface area contributed by atoms with Crippen LogP contribution < -0.4 is 5.32 Å². The molecular formula is C9H10Br2N2O. The van der Waals surface area contributed by atoms with Crippen LogP contribution in [0.15, 0.2) is 22.8 Å². The second-order valence-corrected chi connectivity index (χ2v) is 6.19. The molecule has 0 bridgehead atoms. The third kappa shape index (κ3) is 3.38. The van der Waals surface area contributed by atoms with Crippen LogP contribution >= 0.6 is 31.9 Å². The molecule has 1 aromatic heterocycles. The third-order valence-electron chi connectivity index (χ3n) is 1.51. The van der Waals surface area contributed by atoms with E-state index in [9.17, 15) is 4.79 Å². The van der Waals surface area contributed by atoms with Gasteiger partial charge in [0.05, 0.1) is 4.32 Å². The molecule has 0 aromatic carbocycles. The predicted octanol–water partition coefficient (Wildman–Crippen LogP) is 2.96. The van der Waals surface area contributed by atoms with Crippen molar-refractivity contribution in [2.45, 2.75) is 18.2 Å². The predicted molar refractivity (Wildman–Crippen MR) is 63.6 cm³/mol. The minimum absolute atomic E-state index is 0.118. The highest BCUT2D eigenvalue weighted by Crippen LogP contribution is 2.18. The molecule has 0 spiro atoms. The summed E-state index contributed by atoms with van der Waals surface area (Å²) in [6.07, 6.45) is 1.64. The third-order valence-corrected chi connectivity index (χ3v) is 2.34. The number of alkyl halides is 1. The lowest BCUT2D eigenvalue weighted by Gasteiger charge is -2.14. The molecule has 76 valence electrons. The van der Waals surface area contributed by atoms with Gasteiger partial charge in [0.25, 0.3) is 0 Å². The lowest BCUT2D eigenvalue weighted by atomic mass is 10.2. The molecule has 0 saturated heterocycles. The minimum atomic E-state index is -0.582. The van der Waals surface area contributed by atoms with Gasteiger partial charge in [-0.1, -0.05) is 15.9 Å². The first-order valence-corrected chi connectivity index (χ1v) is 5.60. The second-order valence-electron chi connectivity index (χ2n) is 3.29. The van der Waals surface area contributed by atoms with Gasteiger partial charge in [0.15, 0.2) is 0 Å². The molecule has 3 nitrogen and oxygen atoms in total. The van der Waals surface area contributed by atoms with Gasteiger partial charge in [0.1, 0.15) is 5.82 Å². The topological polar surface area (TPSA) is 42.0 Å². The monoisotopic (exact) mass is 320 g/mol. The number of aromatic nitrogens is 1. The molecule has 1 rings (SSSR count). The largest absolute Gasteiger partial charge is 0.309 e. The number of nitrogens with zero attached hydrogens (tertiary/aromatic N) is 1. The summed E-state index contributed by atoms with van der Waals surface area (Å²) < 4.78 is 0.301. The number of amides is 1. The van der Waals surface area contributed by atoms with Crippen LogP contribution in [0.25, 0.3) is 0 Å². The van der Waals surface area contributed by atoms with Crippen molar-refractivity contribution in [2.24, 2.45) is 0 Å². The molecule has 0 fully saturated rings. The van der Waals surface area contributed by atoms with Gasteiger partial charge in [-0.3, -0.25) is 4.79 Å². The van der Waals surface area contributed by atoms with E-state index in [2.05, 4.69) is 42.2 Å². The standard InChI is InChI=1S/C9H10Br2N2O/c1-9(2,11)8(14)13-7-4-3-6(10)5-12-7/h3-5H,1-2H3,(H,12,13,14). The van der Waals surface area contributed by atoms with Crippen LogP contribution in [-0.2, 0) is 4.79 Å². The first kappa shape index (κ1) is 11.7. The number of pyridine rings is 1. The summed E-state index contributed by atoms with van der Waals surface area (Å²) in [4.78, 5) is 15.5. The van der Waals surface area contributed by atoms with E-state index in [0.29, 0.717) is 5.82 Å². The molecule has 5 heteroatoms. The van der Waals surface area contributed by atoms with Crippen LogP contribution in [0.2, 0.25) is 0 Å². The van der Waals surface area contributed by atoms with Crippen LogP contribution in [0.1, 0.15) is 13.8 Å². The number of anilines is 1. The molecule has 0 aliphatic carbocycles. The molecule has 0 radical (unpaired) electrons. The van der Waals surface area contributed by atoms with Crippen molar-refractivity contribution in [1.82, 2.24) is 4.98 Å². The van der Waals surface area contributed by atoms with E-state index < -0.39 is 4.32 Å². The van der Waals surface area contributed by atoms with Crippen LogP contribution in [0.3, 0.4) is 0 Å². The Bertz CT molecular complexity index is 330. The van der Waals surface area contributed by atoms with Crippen LogP contribution in [0, 0.1) is 0 Å². The number of carbonyl (C=O) groups excluding carboxylic acids is 1. The Hall–Kier alpha value is -0.420. The van der Waals surface area contributed by atoms with Crippen molar-refractivity contribution in [3.8, 4) is 0 Å². The Morgan fingerprint density at radius 2 is 2.14 bits per heavy atom. The average molecular weight is 322 g/mol. The fourth-order valence-electron chi connectivity index (χ4n) is 0.715. The second kappa shape index (κ2) is 4.40. The molecule has 1 N–H and O–H groups in total. The van der Waals surface area contributed by atoms with Gasteiger partial charge in [-0.2, -0.15) is 0 Å². The normalized spacial score (nSPS) is 11.1. The number of nitrogens with one attached hydrogen (secondary N) is 1. The molecule has 0 aliphatic rings. The Balaban J connectivity index is 2.71. The Labute approximate surface area is 99.6 Å². The lowest BCUT2D eigenvalue weighted by Crippen LogP contribution is -2.31. The van der Waals surface area contributed by atoms with Crippen molar-refractivity contribution >= 4 is 43.6 Å².